The quantitative estimate of drug-likeness (QED) is 0.615. The zero-order valence-corrected chi connectivity index (χ0v) is 17.5. The van der Waals surface area contributed by atoms with Gasteiger partial charge in [-0.3, -0.25) is 9.36 Å². The number of nitrogens with zero attached hydrogens (tertiary/aromatic N) is 3. The molecule has 1 aromatic heterocycles. The molecule has 0 saturated heterocycles. The van der Waals surface area contributed by atoms with Crippen molar-refractivity contribution in [2.45, 2.75) is 12.8 Å². The van der Waals surface area contributed by atoms with Crippen LogP contribution in [0.25, 0.3) is 6.08 Å². The molecule has 0 fully saturated rings. The van der Waals surface area contributed by atoms with Gasteiger partial charge in [0, 0.05) is 5.69 Å². The molecule has 2 aromatic carbocycles. The summed E-state index contributed by atoms with van der Waals surface area (Å²) in [5.41, 5.74) is 0.113. The van der Waals surface area contributed by atoms with E-state index >= 15 is 0 Å². The lowest BCUT2D eigenvalue weighted by molar-refractivity contribution is -0.137. The molecule has 0 unspecified atom stereocenters. The highest BCUT2D eigenvalue weighted by molar-refractivity contribution is 7.07. The van der Waals surface area contributed by atoms with E-state index in [0.29, 0.717) is 26.5 Å². The summed E-state index contributed by atoms with van der Waals surface area (Å²) in [6.07, 6.45) is -2.71. The zero-order valence-electron chi connectivity index (χ0n) is 16.6. The number of hydrogen-bond donors (Lipinski definition) is 0. The van der Waals surface area contributed by atoms with Gasteiger partial charge in [-0.25, -0.2) is 4.99 Å². The average Bonchev–Trinajstić information content (AvgIpc) is 3.07. The number of halogens is 3. The minimum Gasteiger partial charge on any atom is -0.493 e. The van der Waals surface area contributed by atoms with Crippen LogP contribution < -0.4 is 29.3 Å². The van der Waals surface area contributed by atoms with Gasteiger partial charge in [-0.15, -0.1) is 0 Å². The molecule has 0 amide bonds. The summed E-state index contributed by atoms with van der Waals surface area (Å²) in [7, 11) is 3.07. The molecule has 6 nitrogen and oxygen atoms in total. The molecule has 10 heteroatoms. The first-order valence-corrected chi connectivity index (χ1v) is 10.0. The van der Waals surface area contributed by atoms with Gasteiger partial charge >= 0.3 is 6.18 Å². The number of methoxy groups -OCH3 is 2. The van der Waals surface area contributed by atoms with E-state index in [2.05, 4.69) is 4.99 Å². The predicted molar refractivity (Wildman–Crippen MR) is 111 cm³/mol. The molecule has 0 saturated carbocycles. The Bertz CT molecular complexity index is 1300. The Morgan fingerprint density at radius 3 is 2.58 bits per heavy atom. The van der Waals surface area contributed by atoms with Gasteiger partial charge in [-0.1, -0.05) is 23.5 Å². The maximum Gasteiger partial charge on any atom is 0.416 e. The number of benzene rings is 2. The van der Waals surface area contributed by atoms with Gasteiger partial charge < -0.3 is 14.4 Å². The van der Waals surface area contributed by atoms with E-state index in [1.54, 1.807) is 42.4 Å². The van der Waals surface area contributed by atoms with Crippen LogP contribution in [0, 0.1) is 0 Å². The van der Waals surface area contributed by atoms with Gasteiger partial charge in [0.15, 0.2) is 16.3 Å². The second kappa shape index (κ2) is 8.10. The maximum atomic E-state index is 13.0. The van der Waals surface area contributed by atoms with Gasteiger partial charge in [-0.05, 0) is 42.0 Å². The predicted octanol–water partition coefficient (Wildman–Crippen LogP) is 2.83. The van der Waals surface area contributed by atoms with Crippen molar-refractivity contribution >= 4 is 23.1 Å². The summed E-state index contributed by atoms with van der Waals surface area (Å²) in [5, 5.41) is 0. The van der Waals surface area contributed by atoms with Crippen molar-refractivity contribution in [1.29, 1.82) is 0 Å². The molecule has 0 N–H and O–H groups in total. The van der Waals surface area contributed by atoms with Gasteiger partial charge in [0.25, 0.3) is 5.56 Å². The van der Waals surface area contributed by atoms with E-state index in [0.717, 1.165) is 17.7 Å². The lowest BCUT2D eigenvalue weighted by Gasteiger charge is -2.26. The molecular weight excluding hydrogens is 431 g/mol. The molecule has 0 atom stereocenters. The lowest BCUT2D eigenvalue weighted by atomic mass is 10.2. The normalized spacial score (nSPS) is 14.2. The molecule has 0 spiro atoms. The van der Waals surface area contributed by atoms with Crippen LogP contribution in [0.4, 0.5) is 18.9 Å². The van der Waals surface area contributed by atoms with E-state index < -0.39 is 11.7 Å². The van der Waals surface area contributed by atoms with Crippen molar-refractivity contribution in [3.8, 4) is 11.5 Å². The lowest BCUT2D eigenvalue weighted by Crippen LogP contribution is -2.42. The molecule has 162 valence electrons. The Balaban J connectivity index is 1.68. The minimum absolute atomic E-state index is 0.120. The van der Waals surface area contributed by atoms with Crippen LogP contribution in [0.5, 0.6) is 11.5 Å². The first kappa shape index (κ1) is 21.0. The standard InChI is InChI=1S/C21H18F3N3O3S/c1-29-16-7-6-13(8-17(16)30-2)9-18-19(28)27-12-26(11-25-20(27)31-18)15-5-3-4-14(10-15)21(22,23)24/h3-10H,11-12H2,1-2H3. The number of hydrogen-bond acceptors (Lipinski definition) is 6. The Labute approximate surface area is 179 Å². The fourth-order valence-corrected chi connectivity index (χ4v) is 4.21. The van der Waals surface area contributed by atoms with Crippen LogP contribution in [-0.4, -0.2) is 25.5 Å². The van der Waals surface area contributed by atoms with Crippen molar-refractivity contribution in [1.82, 2.24) is 4.57 Å². The highest BCUT2D eigenvalue weighted by atomic mass is 32.1. The third-order valence-electron chi connectivity index (χ3n) is 4.82. The van der Waals surface area contributed by atoms with Crippen LogP contribution in [0.15, 0.2) is 52.3 Å². The second-order valence-electron chi connectivity index (χ2n) is 6.77. The SMILES string of the molecule is COc1ccc(C=c2sc3n(c2=O)CN(c2cccc(C(F)(F)F)c2)CN=3)cc1OC. The third kappa shape index (κ3) is 4.15. The van der Waals surface area contributed by atoms with Crippen LogP contribution in [0.3, 0.4) is 0 Å². The van der Waals surface area contributed by atoms with Gasteiger partial charge in [-0.2, -0.15) is 13.2 Å². The molecule has 0 aliphatic carbocycles. The van der Waals surface area contributed by atoms with Crippen LogP contribution in [-0.2, 0) is 12.8 Å². The Kier molecular flexibility index (Phi) is 5.48. The average molecular weight is 449 g/mol. The molecule has 0 bridgehead atoms. The summed E-state index contributed by atoms with van der Waals surface area (Å²) in [6.45, 7) is 0.284. The second-order valence-corrected chi connectivity index (χ2v) is 7.78. The van der Waals surface area contributed by atoms with Crippen molar-refractivity contribution < 1.29 is 22.6 Å². The molecule has 2 heterocycles. The van der Waals surface area contributed by atoms with Crippen molar-refractivity contribution in [3.63, 3.8) is 0 Å². The van der Waals surface area contributed by atoms with Crippen LogP contribution in [0.1, 0.15) is 11.1 Å². The maximum absolute atomic E-state index is 13.0. The van der Waals surface area contributed by atoms with Gasteiger partial charge in [0.1, 0.15) is 13.3 Å². The summed E-state index contributed by atoms with van der Waals surface area (Å²) in [5.74, 6) is 1.12. The van der Waals surface area contributed by atoms with E-state index in [1.165, 1.54) is 29.1 Å². The van der Waals surface area contributed by atoms with E-state index in [1.807, 2.05) is 0 Å². The molecule has 3 aromatic rings. The number of rotatable bonds is 4. The molecular formula is C21H18F3N3O3S. The van der Waals surface area contributed by atoms with E-state index in [-0.39, 0.29) is 18.9 Å². The van der Waals surface area contributed by atoms with Crippen molar-refractivity contribution in [3.05, 3.63) is 73.3 Å². The number of alkyl halides is 3. The first-order valence-electron chi connectivity index (χ1n) is 9.20. The van der Waals surface area contributed by atoms with Crippen molar-refractivity contribution in [2.75, 3.05) is 25.8 Å². The molecule has 1 aliphatic heterocycles. The number of thiazole rings is 1. The third-order valence-corrected chi connectivity index (χ3v) is 5.87. The zero-order chi connectivity index (χ0) is 22.2. The Hall–Kier alpha value is -3.27. The smallest absolute Gasteiger partial charge is 0.416 e. The number of ether oxygens (including phenoxy) is 2. The number of fused-ring (bicyclic) bond motifs is 1. The number of anilines is 1. The topological polar surface area (TPSA) is 56.1 Å². The first-order chi connectivity index (χ1) is 14.8. The summed E-state index contributed by atoms with van der Waals surface area (Å²) in [6, 6.07) is 10.3. The van der Waals surface area contributed by atoms with Gasteiger partial charge in [0.2, 0.25) is 0 Å². The van der Waals surface area contributed by atoms with E-state index in [4.69, 9.17) is 9.47 Å². The van der Waals surface area contributed by atoms with Gasteiger partial charge in [0.05, 0.1) is 24.3 Å². The highest BCUT2D eigenvalue weighted by Gasteiger charge is 2.31. The summed E-state index contributed by atoms with van der Waals surface area (Å²) < 4.78 is 51.5. The summed E-state index contributed by atoms with van der Waals surface area (Å²) in [4.78, 5) is 19.5. The Morgan fingerprint density at radius 1 is 1.10 bits per heavy atom. The minimum atomic E-state index is -4.44. The summed E-state index contributed by atoms with van der Waals surface area (Å²) >= 11 is 1.23. The fourth-order valence-electron chi connectivity index (χ4n) is 3.25. The number of aromatic nitrogens is 1. The van der Waals surface area contributed by atoms with Crippen LogP contribution in [0.2, 0.25) is 0 Å². The highest BCUT2D eigenvalue weighted by Crippen LogP contribution is 2.32. The van der Waals surface area contributed by atoms with E-state index in [9.17, 15) is 18.0 Å². The molecule has 31 heavy (non-hydrogen) atoms. The fraction of sp³-hybridized carbons (Fsp3) is 0.238. The monoisotopic (exact) mass is 449 g/mol. The molecule has 4 rings (SSSR count). The Morgan fingerprint density at radius 2 is 1.87 bits per heavy atom. The van der Waals surface area contributed by atoms with Crippen molar-refractivity contribution in [2.24, 2.45) is 4.99 Å². The molecule has 0 radical (unpaired) electrons. The molecule has 1 aliphatic rings. The largest absolute Gasteiger partial charge is 0.493 e. The van der Waals surface area contributed by atoms with Crippen LogP contribution >= 0.6 is 11.3 Å².